The smallest absolute Gasteiger partial charge is 0.393 e. The van der Waals surface area contributed by atoms with Gasteiger partial charge in [0, 0.05) is 20.2 Å². The quantitative estimate of drug-likeness (QED) is 0.867. The number of piperidine rings is 1. The van der Waals surface area contributed by atoms with Crippen LogP contribution in [0.2, 0.25) is 0 Å². The molecule has 23 heavy (non-hydrogen) atoms. The van der Waals surface area contributed by atoms with Crippen molar-refractivity contribution in [1.29, 1.82) is 0 Å². The number of hydrogen-bond donors (Lipinski definition) is 2. The van der Waals surface area contributed by atoms with Crippen molar-refractivity contribution in [2.45, 2.75) is 30.7 Å². The largest absolute Gasteiger partial charge is 0.416 e. The Bertz CT molecular complexity index is 500. The van der Waals surface area contributed by atoms with Crippen LogP contribution >= 0.6 is 0 Å². The Morgan fingerprint density at radius 2 is 1.96 bits per heavy atom. The van der Waals surface area contributed by atoms with E-state index in [1.54, 1.807) is 7.11 Å². The molecule has 2 rings (SSSR count). The van der Waals surface area contributed by atoms with Crippen molar-refractivity contribution in [2.75, 3.05) is 33.4 Å². The fraction of sp³-hybridized carbons (Fsp3) is 0.625. The zero-order valence-corrected chi connectivity index (χ0v) is 13.0. The second-order valence-corrected chi connectivity index (χ2v) is 6.02. The SMILES string of the molecule is COC1(CO)CCCN(C[C@H](O)c2ccc(C(F)(F)F)cc2)C1. The zero-order chi connectivity index (χ0) is 17.1. The van der Waals surface area contributed by atoms with Gasteiger partial charge in [0.1, 0.15) is 5.60 Å². The minimum atomic E-state index is -4.38. The zero-order valence-electron chi connectivity index (χ0n) is 13.0. The first kappa shape index (κ1) is 18.2. The summed E-state index contributed by atoms with van der Waals surface area (Å²) in [5.41, 5.74) is -0.918. The second-order valence-electron chi connectivity index (χ2n) is 6.02. The van der Waals surface area contributed by atoms with E-state index < -0.39 is 23.4 Å². The summed E-state index contributed by atoms with van der Waals surface area (Å²) in [6.07, 6.45) is -3.69. The summed E-state index contributed by atoms with van der Waals surface area (Å²) < 4.78 is 43.0. The van der Waals surface area contributed by atoms with Crippen molar-refractivity contribution < 1.29 is 28.1 Å². The summed E-state index contributed by atoms with van der Waals surface area (Å²) in [7, 11) is 1.55. The van der Waals surface area contributed by atoms with Crippen LogP contribution in [0.3, 0.4) is 0 Å². The maximum Gasteiger partial charge on any atom is 0.416 e. The summed E-state index contributed by atoms with van der Waals surface area (Å²) in [5.74, 6) is 0. The number of ether oxygens (including phenoxy) is 1. The lowest BCUT2D eigenvalue weighted by atomic mass is 9.93. The van der Waals surface area contributed by atoms with E-state index in [1.807, 2.05) is 4.90 Å². The molecule has 130 valence electrons. The predicted octanol–water partition coefficient (Wildman–Crippen LogP) is 2.21. The van der Waals surface area contributed by atoms with E-state index in [4.69, 9.17) is 4.74 Å². The molecule has 1 aromatic rings. The van der Waals surface area contributed by atoms with Crippen LogP contribution in [0.1, 0.15) is 30.1 Å². The monoisotopic (exact) mass is 333 g/mol. The van der Waals surface area contributed by atoms with Gasteiger partial charge in [0.2, 0.25) is 0 Å². The number of methoxy groups -OCH3 is 1. The molecule has 1 saturated heterocycles. The van der Waals surface area contributed by atoms with Crippen LogP contribution < -0.4 is 0 Å². The molecule has 1 unspecified atom stereocenters. The molecule has 2 N–H and O–H groups in total. The lowest BCUT2D eigenvalue weighted by Gasteiger charge is -2.41. The topological polar surface area (TPSA) is 52.9 Å². The molecule has 0 saturated carbocycles. The fourth-order valence-electron chi connectivity index (χ4n) is 2.95. The molecule has 2 atom stereocenters. The molecule has 1 aliphatic rings. The number of aliphatic hydroxyl groups is 2. The van der Waals surface area contributed by atoms with Crippen LogP contribution in [0.25, 0.3) is 0 Å². The van der Waals surface area contributed by atoms with Crippen molar-refractivity contribution in [3.63, 3.8) is 0 Å². The number of benzene rings is 1. The van der Waals surface area contributed by atoms with E-state index in [0.29, 0.717) is 12.1 Å². The molecule has 1 aromatic carbocycles. The van der Waals surface area contributed by atoms with E-state index in [2.05, 4.69) is 0 Å². The van der Waals surface area contributed by atoms with Gasteiger partial charge in [0.15, 0.2) is 0 Å². The van der Waals surface area contributed by atoms with E-state index >= 15 is 0 Å². The third kappa shape index (κ3) is 4.44. The summed E-state index contributed by atoms with van der Waals surface area (Å²) in [6.45, 7) is 1.42. The van der Waals surface area contributed by atoms with E-state index in [0.717, 1.165) is 31.5 Å². The van der Waals surface area contributed by atoms with E-state index in [1.165, 1.54) is 12.1 Å². The van der Waals surface area contributed by atoms with Gasteiger partial charge in [-0.15, -0.1) is 0 Å². The first-order valence-electron chi connectivity index (χ1n) is 7.53. The van der Waals surface area contributed by atoms with Crippen LogP contribution in [0.5, 0.6) is 0 Å². The Hall–Kier alpha value is -1.15. The van der Waals surface area contributed by atoms with Crippen molar-refractivity contribution >= 4 is 0 Å². The number of halogens is 3. The molecular formula is C16H22F3NO3. The first-order chi connectivity index (χ1) is 10.8. The predicted molar refractivity (Wildman–Crippen MR) is 78.9 cm³/mol. The third-order valence-electron chi connectivity index (χ3n) is 4.39. The van der Waals surface area contributed by atoms with E-state index in [-0.39, 0.29) is 13.2 Å². The third-order valence-corrected chi connectivity index (χ3v) is 4.39. The minimum Gasteiger partial charge on any atom is -0.393 e. The molecule has 0 aliphatic carbocycles. The van der Waals surface area contributed by atoms with Gasteiger partial charge in [-0.25, -0.2) is 0 Å². The van der Waals surface area contributed by atoms with Crippen molar-refractivity contribution in [1.82, 2.24) is 4.90 Å². The highest BCUT2D eigenvalue weighted by molar-refractivity contribution is 5.26. The average molecular weight is 333 g/mol. The molecule has 4 nitrogen and oxygen atoms in total. The molecule has 0 amide bonds. The highest BCUT2D eigenvalue weighted by atomic mass is 19.4. The number of alkyl halides is 3. The van der Waals surface area contributed by atoms with Crippen molar-refractivity contribution in [2.24, 2.45) is 0 Å². The van der Waals surface area contributed by atoms with Gasteiger partial charge in [-0.2, -0.15) is 13.2 Å². The van der Waals surface area contributed by atoms with Crippen molar-refractivity contribution in [3.05, 3.63) is 35.4 Å². The molecule has 7 heteroatoms. The Morgan fingerprint density at radius 1 is 1.30 bits per heavy atom. The van der Waals surface area contributed by atoms with Gasteiger partial charge in [-0.1, -0.05) is 12.1 Å². The lowest BCUT2D eigenvalue weighted by Crippen LogP contribution is -2.52. The highest BCUT2D eigenvalue weighted by Gasteiger charge is 2.35. The minimum absolute atomic E-state index is 0.101. The number of β-amino-alcohol motifs (C(OH)–C–C–N with tert-alkyl or cyclic N) is 1. The molecule has 1 heterocycles. The normalized spacial score (nSPS) is 24.6. The van der Waals surface area contributed by atoms with Crippen LogP contribution in [0.4, 0.5) is 13.2 Å². The Balaban J connectivity index is 2.00. The lowest BCUT2D eigenvalue weighted by molar-refractivity contribution is -0.137. The van der Waals surface area contributed by atoms with Crippen LogP contribution in [0.15, 0.2) is 24.3 Å². The van der Waals surface area contributed by atoms with Gasteiger partial charge in [-0.3, -0.25) is 4.90 Å². The molecule has 0 radical (unpaired) electrons. The van der Waals surface area contributed by atoms with Gasteiger partial charge in [0.25, 0.3) is 0 Å². The van der Waals surface area contributed by atoms with E-state index in [9.17, 15) is 23.4 Å². The summed E-state index contributed by atoms with van der Waals surface area (Å²) >= 11 is 0. The highest BCUT2D eigenvalue weighted by Crippen LogP contribution is 2.30. The molecular weight excluding hydrogens is 311 g/mol. The number of hydrogen-bond acceptors (Lipinski definition) is 4. The maximum atomic E-state index is 12.5. The van der Waals surface area contributed by atoms with Crippen LogP contribution in [-0.4, -0.2) is 54.1 Å². The molecule has 1 aliphatic heterocycles. The van der Waals surface area contributed by atoms with Gasteiger partial charge in [0.05, 0.1) is 18.3 Å². The summed E-state index contributed by atoms with van der Waals surface area (Å²) in [4.78, 5) is 1.96. The van der Waals surface area contributed by atoms with Crippen LogP contribution in [-0.2, 0) is 10.9 Å². The van der Waals surface area contributed by atoms with Crippen LogP contribution in [0, 0.1) is 0 Å². The fourth-order valence-corrected chi connectivity index (χ4v) is 2.95. The first-order valence-corrected chi connectivity index (χ1v) is 7.53. The summed E-state index contributed by atoms with van der Waals surface area (Å²) in [6, 6.07) is 4.55. The molecule has 0 aromatic heterocycles. The summed E-state index contributed by atoms with van der Waals surface area (Å²) in [5, 5.41) is 19.8. The van der Waals surface area contributed by atoms with Crippen molar-refractivity contribution in [3.8, 4) is 0 Å². The molecule has 0 bridgehead atoms. The number of aliphatic hydroxyl groups excluding tert-OH is 2. The standard InChI is InChI=1S/C16H22F3NO3/c1-23-15(11-21)7-2-8-20(10-15)9-14(22)12-3-5-13(6-4-12)16(17,18)19/h3-6,14,21-22H,2,7-11H2,1H3/t14-,15?/m0/s1. The number of likely N-dealkylation sites (tertiary alicyclic amines) is 1. The Morgan fingerprint density at radius 3 is 2.48 bits per heavy atom. The molecule has 0 spiro atoms. The Kier molecular flexibility index (Phi) is 5.67. The molecule has 1 fully saturated rings. The van der Waals surface area contributed by atoms with Gasteiger partial charge < -0.3 is 14.9 Å². The maximum absolute atomic E-state index is 12.5. The Labute approximate surface area is 133 Å². The van der Waals surface area contributed by atoms with Gasteiger partial charge >= 0.3 is 6.18 Å². The number of rotatable bonds is 5. The number of nitrogens with zero attached hydrogens (tertiary/aromatic N) is 1. The van der Waals surface area contributed by atoms with Gasteiger partial charge in [-0.05, 0) is 37.1 Å². The second kappa shape index (κ2) is 7.17. The average Bonchev–Trinajstić information content (AvgIpc) is 2.54.